The highest BCUT2D eigenvalue weighted by Crippen LogP contribution is 2.40. The molecule has 4 atom stereocenters. The smallest absolute Gasteiger partial charge is 0.255 e. The van der Waals surface area contributed by atoms with E-state index >= 15 is 0 Å². The largest absolute Gasteiger partial charge is 0.413 e. The third kappa shape index (κ3) is 5.75. The van der Waals surface area contributed by atoms with Crippen molar-refractivity contribution in [3.63, 3.8) is 0 Å². The minimum atomic E-state index is -2.05. The van der Waals surface area contributed by atoms with Crippen LogP contribution in [0.4, 0.5) is 0 Å². The number of β-lactam (4-membered cyclic amide) rings is 1. The van der Waals surface area contributed by atoms with Crippen LogP contribution in [0.2, 0.25) is 18.1 Å². The maximum atomic E-state index is 13.3. The van der Waals surface area contributed by atoms with Crippen LogP contribution in [0.5, 0.6) is 0 Å². The molecule has 0 saturated carbocycles. The Morgan fingerprint density at radius 1 is 1.18 bits per heavy atom. The van der Waals surface area contributed by atoms with Crippen molar-refractivity contribution in [1.82, 2.24) is 10.2 Å². The Hall–Kier alpha value is -1.68. The summed E-state index contributed by atoms with van der Waals surface area (Å²) in [6.45, 7) is 16.8. The summed E-state index contributed by atoms with van der Waals surface area (Å²) >= 11 is 1.08. The van der Waals surface area contributed by atoms with Crippen LogP contribution in [0, 0.1) is 11.8 Å². The highest BCUT2D eigenvalue weighted by Gasteiger charge is 2.50. The molecule has 2 amide bonds. The van der Waals surface area contributed by atoms with Crippen molar-refractivity contribution >= 4 is 37.0 Å². The number of morpholine rings is 1. The summed E-state index contributed by atoms with van der Waals surface area (Å²) in [5, 5.41) is 2.89. The summed E-state index contributed by atoms with van der Waals surface area (Å²) in [6, 6.07) is 6.94. The first-order chi connectivity index (χ1) is 15.8. The predicted octanol–water partition coefficient (Wildman–Crippen LogP) is 3.94. The third-order valence-corrected chi connectivity index (χ3v) is 13.1. The van der Waals surface area contributed by atoms with Crippen molar-refractivity contribution in [1.29, 1.82) is 0 Å². The maximum absolute atomic E-state index is 13.3. The Bertz CT molecular complexity index is 926. The van der Waals surface area contributed by atoms with Gasteiger partial charge in [0.15, 0.2) is 13.4 Å². The average Bonchev–Trinajstić information content (AvgIpc) is 2.76. The minimum absolute atomic E-state index is 0.0327. The number of amides is 2. The zero-order chi connectivity index (χ0) is 25.3. The standard InChI is InChI=1S/C25H38N2O5SSi/c1-16(21-20(22(28)26-21)17(2)32-34(6,7)25(3,4)5)24(30)33-19-11-9-8-10-18(19)23(29)27-12-14-31-15-13-27/h8-11,16-17,20-21H,12-15H2,1-7H3,(H,26,28)/t16-,17+,20+,21+/m0/s1. The van der Waals surface area contributed by atoms with Gasteiger partial charge in [-0.15, -0.1) is 0 Å². The fourth-order valence-electron chi connectivity index (χ4n) is 4.09. The van der Waals surface area contributed by atoms with Crippen LogP contribution in [0.15, 0.2) is 29.2 Å². The van der Waals surface area contributed by atoms with Gasteiger partial charge in [0, 0.05) is 23.9 Å². The molecule has 188 valence electrons. The lowest BCUT2D eigenvalue weighted by molar-refractivity contribution is -0.143. The number of ether oxygens (including phenoxy) is 1. The second kappa shape index (κ2) is 10.5. The molecule has 2 heterocycles. The normalized spacial score (nSPS) is 23.0. The Morgan fingerprint density at radius 2 is 1.79 bits per heavy atom. The number of rotatable bonds is 7. The molecule has 0 aliphatic carbocycles. The summed E-state index contributed by atoms with van der Waals surface area (Å²) in [5.41, 5.74) is 0.527. The van der Waals surface area contributed by atoms with Gasteiger partial charge in [-0.1, -0.05) is 51.6 Å². The number of nitrogens with zero attached hydrogens (tertiary/aromatic N) is 1. The molecule has 2 fully saturated rings. The number of carbonyl (C=O) groups is 3. The van der Waals surface area contributed by atoms with E-state index in [0.29, 0.717) is 36.8 Å². The molecule has 0 aromatic heterocycles. The summed E-state index contributed by atoms with van der Waals surface area (Å²) in [5.74, 6) is -0.926. The molecule has 34 heavy (non-hydrogen) atoms. The fourth-order valence-corrected chi connectivity index (χ4v) is 6.48. The van der Waals surface area contributed by atoms with Crippen molar-refractivity contribution in [3.05, 3.63) is 29.8 Å². The molecule has 2 aliphatic rings. The molecule has 0 bridgehead atoms. The van der Waals surface area contributed by atoms with Crippen molar-refractivity contribution < 1.29 is 23.5 Å². The van der Waals surface area contributed by atoms with Gasteiger partial charge in [0.05, 0.1) is 36.8 Å². The molecule has 0 radical (unpaired) electrons. The quantitative estimate of drug-likeness (QED) is 0.343. The molecule has 1 N–H and O–H groups in total. The molecule has 1 aromatic carbocycles. The van der Waals surface area contributed by atoms with E-state index in [2.05, 4.69) is 39.2 Å². The summed E-state index contributed by atoms with van der Waals surface area (Å²) in [6.07, 6.45) is -0.268. The Kier molecular flexibility index (Phi) is 8.32. The molecular formula is C25H38N2O5SSi. The molecule has 2 saturated heterocycles. The molecular weight excluding hydrogens is 468 g/mol. The molecule has 1 aromatic rings. The number of benzene rings is 1. The zero-order valence-electron chi connectivity index (χ0n) is 21.3. The number of hydrogen-bond donors (Lipinski definition) is 1. The highest BCUT2D eigenvalue weighted by atomic mass is 32.2. The van der Waals surface area contributed by atoms with Gasteiger partial charge in [0.1, 0.15) is 0 Å². The SMILES string of the molecule is C[C@H](C(=O)Sc1ccccc1C(=O)N1CCOCC1)[C@H]1NC(=O)[C@@H]1[C@@H](C)O[Si](C)(C)C(C)(C)C. The Labute approximate surface area is 208 Å². The van der Waals surface area contributed by atoms with E-state index in [4.69, 9.17) is 9.16 Å². The van der Waals surface area contributed by atoms with Gasteiger partial charge in [0.2, 0.25) is 5.91 Å². The molecule has 3 rings (SSSR count). The minimum Gasteiger partial charge on any atom is -0.413 e. The van der Waals surface area contributed by atoms with E-state index in [1.165, 1.54) is 0 Å². The predicted molar refractivity (Wildman–Crippen MR) is 136 cm³/mol. The number of thioether (sulfide) groups is 1. The lowest BCUT2D eigenvalue weighted by Gasteiger charge is -2.46. The van der Waals surface area contributed by atoms with E-state index < -0.39 is 14.2 Å². The lowest BCUT2D eigenvalue weighted by atomic mass is 9.79. The third-order valence-electron chi connectivity index (χ3n) is 7.33. The molecule has 0 spiro atoms. The second-order valence-electron chi connectivity index (χ2n) is 10.8. The number of carbonyl (C=O) groups excluding carboxylic acids is 3. The van der Waals surface area contributed by atoms with Gasteiger partial charge in [-0.25, -0.2) is 0 Å². The number of hydrogen-bond acceptors (Lipinski definition) is 6. The molecule has 2 aliphatic heterocycles. The van der Waals surface area contributed by atoms with Crippen LogP contribution in [0.25, 0.3) is 0 Å². The van der Waals surface area contributed by atoms with Gasteiger partial charge < -0.3 is 19.4 Å². The van der Waals surface area contributed by atoms with E-state index in [1.807, 2.05) is 32.0 Å². The van der Waals surface area contributed by atoms with Gasteiger partial charge >= 0.3 is 0 Å². The first-order valence-electron chi connectivity index (χ1n) is 12.0. The van der Waals surface area contributed by atoms with Crippen LogP contribution in [-0.4, -0.2) is 68.6 Å². The van der Waals surface area contributed by atoms with Crippen LogP contribution < -0.4 is 5.32 Å². The summed E-state index contributed by atoms with van der Waals surface area (Å²) in [7, 11) is -2.05. The van der Waals surface area contributed by atoms with Crippen LogP contribution in [0.1, 0.15) is 45.0 Å². The summed E-state index contributed by atoms with van der Waals surface area (Å²) < 4.78 is 11.8. The van der Waals surface area contributed by atoms with Crippen molar-refractivity contribution in [2.24, 2.45) is 11.8 Å². The second-order valence-corrected chi connectivity index (χ2v) is 16.6. The van der Waals surface area contributed by atoms with E-state index in [-0.39, 0.29) is 40.0 Å². The maximum Gasteiger partial charge on any atom is 0.255 e. The van der Waals surface area contributed by atoms with Gasteiger partial charge in [-0.2, -0.15) is 0 Å². The monoisotopic (exact) mass is 506 g/mol. The molecule has 9 heteroatoms. The average molecular weight is 507 g/mol. The lowest BCUT2D eigenvalue weighted by Crippen LogP contribution is -2.66. The van der Waals surface area contributed by atoms with Gasteiger partial charge in [-0.3, -0.25) is 14.4 Å². The Morgan fingerprint density at radius 3 is 2.38 bits per heavy atom. The van der Waals surface area contributed by atoms with E-state index in [0.717, 1.165) is 11.8 Å². The highest BCUT2D eigenvalue weighted by molar-refractivity contribution is 8.13. The zero-order valence-corrected chi connectivity index (χ0v) is 23.2. The molecule has 0 unspecified atom stereocenters. The topological polar surface area (TPSA) is 84.9 Å². The Balaban J connectivity index is 1.69. The first kappa shape index (κ1) is 26.9. The van der Waals surface area contributed by atoms with Crippen molar-refractivity contribution in [2.75, 3.05) is 26.3 Å². The van der Waals surface area contributed by atoms with Crippen molar-refractivity contribution in [3.8, 4) is 0 Å². The molecule has 7 nitrogen and oxygen atoms in total. The van der Waals surface area contributed by atoms with Crippen LogP contribution in [0.3, 0.4) is 0 Å². The van der Waals surface area contributed by atoms with Gasteiger partial charge in [0.25, 0.3) is 5.91 Å². The van der Waals surface area contributed by atoms with E-state index in [1.54, 1.807) is 11.0 Å². The van der Waals surface area contributed by atoms with Gasteiger partial charge in [-0.05, 0) is 37.2 Å². The van der Waals surface area contributed by atoms with Crippen LogP contribution in [-0.2, 0) is 18.8 Å². The first-order valence-corrected chi connectivity index (χ1v) is 15.7. The summed E-state index contributed by atoms with van der Waals surface area (Å²) in [4.78, 5) is 41.2. The number of nitrogens with one attached hydrogen (secondary N) is 1. The fraction of sp³-hybridized carbons (Fsp3) is 0.640. The van der Waals surface area contributed by atoms with Crippen LogP contribution >= 0.6 is 11.8 Å². The van der Waals surface area contributed by atoms with E-state index in [9.17, 15) is 14.4 Å². The van der Waals surface area contributed by atoms with Crippen molar-refractivity contribution in [2.45, 2.75) is 69.8 Å².